The van der Waals surface area contributed by atoms with Gasteiger partial charge in [0.2, 0.25) is 0 Å². The van der Waals surface area contributed by atoms with Crippen molar-refractivity contribution in [2.75, 3.05) is 11.9 Å². The van der Waals surface area contributed by atoms with Gasteiger partial charge >= 0.3 is 0 Å². The van der Waals surface area contributed by atoms with Crippen LogP contribution in [0.1, 0.15) is 31.5 Å². The summed E-state index contributed by atoms with van der Waals surface area (Å²) in [6.45, 7) is 7.43. The Morgan fingerprint density at radius 3 is 2.81 bits per heavy atom. The van der Waals surface area contributed by atoms with Crippen molar-refractivity contribution in [3.63, 3.8) is 0 Å². The Bertz CT molecular complexity index is 443. The molecular formula is C13H17N3. The van der Waals surface area contributed by atoms with Crippen LogP contribution >= 0.6 is 0 Å². The zero-order valence-corrected chi connectivity index (χ0v) is 10.0. The minimum absolute atomic E-state index is 0.481. The Hall–Kier alpha value is -1.56. The van der Waals surface area contributed by atoms with Gasteiger partial charge < -0.3 is 5.32 Å². The van der Waals surface area contributed by atoms with Gasteiger partial charge in [0.25, 0.3) is 0 Å². The normalized spacial score (nSPS) is 21.2. The van der Waals surface area contributed by atoms with Crippen LogP contribution in [-0.4, -0.2) is 11.5 Å². The first kappa shape index (κ1) is 10.9. The zero-order chi connectivity index (χ0) is 11.8. The Morgan fingerprint density at radius 1 is 1.56 bits per heavy atom. The van der Waals surface area contributed by atoms with Crippen LogP contribution in [0.25, 0.3) is 0 Å². The van der Waals surface area contributed by atoms with Crippen LogP contribution in [0.15, 0.2) is 12.1 Å². The van der Waals surface area contributed by atoms with E-state index in [1.807, 2.05) is 13.0 Å². The molecule has 0 aromatic carbocycles. The maximum atomic E-state index is 8.85. The first-order valence-corrected chi connectivity index (χ1v) is 5.64. The smallest absolute Gasteiger partial charge is 0.127 e. The standard InChI is InChI=1S/C13H17N3/c1-9-4-10(7-14)5-12(16-9)15-8-11-6-13(11,2)3/h4-5,11H,6,8H2,1-3H3,(H,15,16). The Labute approximate surface area is 96.5 Å². The fourth-order valence-electron chi connectivity index (χ4n) is 1.98. The molecule has 1 aliphatic carbocycles. The van der Waals surface area contributed by atoms with Crippen molar-refractivity contribution in [2.45, 2.75) is 27.2 Å². The highest BCUT2D eigenvalue weighted by atomic mass is 15.0. The third-order valence-electron chi connectivity index (χ3n) is 3.33. The molecule has 1 aromatic rings. The molecule has 0 bridgehead atoms. The lowest BCUT2D eigenvalue weighted by molar-refractivity contribution is 0.573. The molecule has 0 spiro atoms. The third kappa shape index (κ3) is 2.33. The van der Waals surface area contributed by atoms with Crippen LogP contribution in [-0.2, 0) is 0 Å². The van der Waals surface area contributed by atoms with E-state index in [1.54, 1.807) is 6.07 Å². The largest absolute Gasteiger partial charge is 0.370 e. The average molecular weight is 215 g/mol. The van der Waals surface area contributed by atoms with Crippen LogP contribution in [0.3, 0.4) is 0 Å². The number of anilines is 1. The first-order valence-electron chi connectivity index (χ1n) is 5.64. The fourth-order valence-corrected chi connectivity index (χ4v) is 1.98. The van der Waals surface area contributed by atoms with Crippen LogP contribution < -0.4 is 5.32 Å². The predicted octanol–water partition coefficient (Wildman–Crippen LogP) is 2.72. The average Bonchev–Trinajstić information content (AvgIpc) is 2.83. The molecule has 0 aliphatic heterocycles. The number of hydrogen-bond acceptors (Lipinski definition) is 3. The van der Waals surface area contributed by atoms with Crippen LogP contribution in [0, 0.1) is 29.6 Å². The van der Waals surface area contributed by atoms with Gasteiger partial charge in [0.15, 0.2) is 0 Å². The van der Waals surface area contributed by atoms with Gasteiger partial charge in [-0.15, -0.1) is 0 Å². The molecule has 1 saturated carbocycles. The number of rotatable bonds is 3. The van der Waals surface area contributed by atoms with Crippen molar-refractivity contribution in [1.82, 2.24) is 4.98 Å². The Morgan fingerprint density at radius 2 is 2.25 bits per heavy atom. The summed E-state index contributed by atoms with van der Waals surface area (Å²) < 4.78 is 0. The van der Waals surface area contributed by atoms with Crippen molar-refractivity contribution in [1.29, 1.82) is 5.26 Å². The molecule has 1 aliphatic rings. The number of nitriles is 1. The molecule has 0 amide bonds. The Kier molecular flexibility index (Phi) is 2.59. The predicted molar refractivity (Wildman–Crippen MR) is 64.1 cm³/mol. The minimum atomic E-state index is 0.481. The van der Waals surface area contributed by atoms with E-state index < -0.39 is 0 Å². The lowest BCUT2D eigenvalue weighted by atomic mass is 10.1. The summed E-state index contributed by atoms with van der Waals surface area (Å²) in [5.74, 6) is 1.56. The van der Waals surface area contributed by atoms with Gasteiger partial charge in [-0.25, -0.2) is 4.98 Å². The van der Waals surface area contributed by atoms with Gasteiger partial charge in [-0.05, 0) is 36.8 Å². The van der Waals surface area contributed by atoms with Crippen molar-refractivity contribution >= 4 is 5.82 Å². The van der Waals surface area contributed by atoms with Gasteiger partial charge in [-0.3, -0.25) is 0 Å². The molecule has 0 radical (unpaired) electrons. The molecule has 1 aromatic heterocycles. The second-order valence-corrected chi connectivity index (χ2v) is 5.26. The van der Waals surface area contributed by atoms with E-state index >= 15 is 0 Å². The molecule has 1 N–H and O–H groups in total. The lowest BCUT2D eigenvalue weighted by Gasteiger charge is -2.07. The number of aryl methyl sites for hydroxylation is 1. The number of nitrogens with zero attached hydrogens (tertiary/aromatic N) is 2. The zero-order valence-electron chi connectivity index (χ0n) is 10.0. The highest BCUT2D eigenvalue weighted by Gasteiger charge is 2.44. The van der Waals surface area contributed by atoms with Gasteiger partial charge in [-0.2, -0.15) is 5.26 Å². The van der Waals surface area contributed by atoms with E-state index in [4.69, 9.17) is 5.26 Å². The summed E-state index contributed by atoms with van der Waals surface area (Å²) in [6.07, 6.45) is 1.27. The molecule has 84 valence electrons. The third-order valence-corrected chi connectivity index (χ3v) is 3.33. The molecule has 2 rings (SSSR count). The molecular weight excluding hydrogens is 198 g/mol. The molecule has 0 saturated heterocycles. The van der Waals surface area contributed by atoms with Crippen molar-refractivity contribution in [3.8, 4) is 6.07 Å². The summed E-state index contributed by atoms with van der Waals surface area (Å²) in [4.78, 5) is 4.37. The maximum absolute atomic E-state index is 8.85. The van der Waals surface area contributed by atoms with Crippen molar-refractivity contribution in [2.24, 2.45) is 11.3 Å². The number of pyridine rings is 1. The highest BCUT2D eigenvalue weighted by molar-refractivity contribution is 5.44. The van der Waals surface area contributed by atoms with E-state index in [9.17, 15) is 0 Å². The van der Waals surface area contributed by atoms with Gasteiger partial charge in [0, 0.05) is 12.2 Å². The van der Waals surface area contributed by atoms with E-state index in [0.29, 0.717) is 11.0 Å². The highest BCUT2D eigenvalue weighted by Crippen LogP contribution is 2.51. The SMILES string of the molecule is Cc1cc(C#N)cc(NCC2CC2(C)C)n1. The number of aromatic nitrogens is 1. The topological polar surface area (TPSA) is 48.7 Å². The van der Waals surface area contributed by atoms with E-state index in [2.05, 4.69) is 30.2 Å². The molecule has 3 nitrogen and oxygen atoms in total. The van der Waals surface area contributed by atoms with Gasteiger partial charge in [0.1, 0.15) is 5.82 Å². The van der Waals surface area contributed by atoms with Crippen LogP contribution in [0.5, 0.6) is 0 Å². The van der Waals surface area contributed by atoms with Gasteiger partial charge in [-0.1, -0.05) is 13.8 Å². The summed E-state index contributed by atoms with van der Waals surface area (Å²) in [6, 6.07) is 5.75. The summed E-state index contributed by atoms with van der Waals surface area (Å²) in [5.41, 5.74) is 2.04. The lowest BCUT2D eigenvalue weighted by Crippen LogP contribution is -2.09. The minimum Gasteiger partial charge on any atom is -0.370 e. The molecule has 1 fully saturated rings. The first-order chi connectivity index (χ1) is 7.51. The molecule has 1 unspecified atom stereocenters. The quantitative estimate of drug-likeness (QED) is 0.843. The summed E-state index contributed by atoms with van der Waals surface area (Å²) in [5, 5.41) is 12.2. The second-order valence-electron chi connectivity index (χ2n) is 5.26. The van der Waals surface area contributed by atoms with E-state index in [1.165, 1.54) is 6.42 Å². The fraction of sp³-hybridized carbons (Fsp3) is 0.538. The number of hydrogen-bond donors (Lipinski definition) is 1. The van der Waals surface area contributed by atoms with E-state index in [0.717, 1.165) is 24.0 Å². The van der Waals surface area contributed by atoms with E-state index in [-0.39, 0.29) is 0 Å². The maximum Gasteiger partial charge on any atom is 0.127 e. The summed E-state index contributed by atoms with van der Waals surface area (Å²) in [7, 11) is 0. The summed E-state index contributed by atoms with van der Waals surface area (Å²) >= 11 is 0. The molecule has 1 atom stereocenters. The molecule has 1 heterocycles. The van der Waals surface area contributed by atoms with Crippen molar-refractivity contribution < 1.29 is 0 Å². The van der Waals surface area contributed by atoms with Crippen LogP contribution in [0.4, 0.5) is 5.82 Å². The monoisotopic (exact) mass is 215 g/mol. The number of nitrogens with one attached hydrogen (secondary N) is 1. The van der Waals surface area contributed by atoms with Crippen molar-refractivity contribution in [3.05, 3.63) is 23.4 Å². The molecule has 16 heavy (non-hydrogen) atoms. The van der Waals surface area contributed by atoms with Crippen LogP contribution in [0.2, 0.25) is 0 Å². The molecule has 3 heteroatoms. The van der Waals surface area contributed by atoms with Gasteiger partial charge in [0.05, 0.1) is 11.6 Å². The Balaban J connectivity index is 2.00. The second kappa shape index (κ2) is 3.79.